The van der Waals surface area contributed by atoms with Crippen LogP contribution >= 0.6 is 0 Å². The van der Waals surface area contributed by atoms with Crippen molar-refractivity contribution in [2.24, 2.45) is 5.73 Å². The topological polar surface area (TPSA) is 72.6 Å². The van der Waals surface area contributed by atoms with Gasteiger partial charge in [-0.25, -0.2) is 4.79 Å². The monoisotopic (exact) mass is 248 g/mol. The molecule has 1 heterocycles. The molecule has 5 nitrogen and oxygen atoms in total. The van der Waals surface area contributed by atoms with Crippen LogP contribution in [-0.2, 0) is 9.53 Å². The summed E-state index contributed by atoms with van der Waals surface area (Å²) in [6.07, 6.45) is 0.349. The van der Waals surface area contributed by atoms with E-state index in [1.54, 1.807) is 23.1 Å². The van der Waals surface area contributed by atoms with Crippen molar-refractivity contribution in [3.05, 3.63) is 29.3 Å². The number of esters is 1. The van der Waals surface area contributed by atoms with Gasteiger partial charge in [0.05, 0.1) is 12.7 Å². The Labute approximate surface area is 106 Å². The van der Waals surface area contributed by atoms with Gasteiger partial charge < -0.3 is 15.4 Å². The summed E-state index contributed by atoms with van der Waals surface area (Å²) in [7, 11) is 1.33. The largest absolute Gasteiger partial charge is 0.465 e. The van der Waals surface area contributed by atoms with Gasteiger partial charge in [-0.2, -0.15) is 0 Å². The summed E-state index contributed by atoms with van der Waals surface area (Å²) in [5, 5.41) is 0. The highest BCUT2D eigenvalue weighted by molar-refractivity contribution is 5.99. The Morgan fingerprint density at radius 1 is 1.50 bits per heavy atom. The van der Waals surface area contributed by atoms with Gasteiger partial charge in [0, 0.05) is 24.7 Å². The number of carbonyl (C=O) groups is 2. The lowest BCUT2D eigenvalue weighted by Crippen LogP contribution is -2.28. The van der Waals surface area contributed by atoms with E-state index in [-0.39, 0.29) is 11.9 Å². The van der Waals surface area contributed by atoms with E-state index in [1.807, 2.05) is 6.92 Å². The number of hydrogen-bond acceptors (Lipinski definition) is 4. The fourth-order valence-electron chi connectivity index (χ4n) is 2.11. The third-order valence-corrected chi connectivity index (χ3v) is 3.08. The van der Waals surface area contributed by atoms with E-state index in [0.29, 0.717) is 18.5 Å². The lowest BCUT2D eigenvalue weighted by molar-refractivity contribution is -0.117. The molecule has 0 spiro atoms. The highest BCUT2D eigenvalue weighted by atomic mass is 16.5. The second kappa shape index (κ2) is 4.78. The smallest absolute Gasteiger partial charge is 0.337 e. The van der Waals surface area contributed by atoms with E-state index < -0.39 is 5.97 Å². The van der Waals surface area contributed by atoms with E-state index >= 15 is 0 Å². The number of nitrogens with two attached hydrogens (primary N) is 1. The van der Waals surface area contributed by atoms with Crippen LogP contribution in [0.4, 0.5) is 5.69 Å². The van der Waals surface area contributed by atoms with Crippen molar-refractivity contribution < 1.29 is 14.3 Å². The Hall–Kier alpha value is -1.88. The lowest BCUT2D eigenvalue weighted by Gasteiger charge is -2.19. The van der Waals surface area contributed by atoms with Crippen molar-refractivity contribution in [1.29, 1.82) is 0 Å². The number of rotatable bonds is 2. The zero-order valence-electron chi connectivity index (χ0n) is 10.5. The van der Waals surface area contributed by atoms with Gasteiger partial charge in [0.1, 0.15) is 0 Å². The van der Waals surface area contributed by atoms with Crippen LogP contribution in [0.15, 0.2) is 18.2 Å². The van der Waals surface area contributed by atoms with E-state index in [1.165, 1.54) is 7.11 Å². The summed E-state index contributed by atoms with van der Waals surface area (Å²) >= 11 is 0. The minimum Gasteiger partial charge on any atom is -0.465 e. The molecule has 18 heavy (non-hydrogen) atoms. The first-order valence-corrected chi connectivity index (χ1v) is 5.78. The fraction of sp³-hybridized carbons (Fsp3) is 0.385. The van der Waals surface area contributed by atoms with Gasteiger partial charge in [0.15, 0.2) is 0 Å². The molecule has 1 fully saturated rings. The molecule has 0 aromatic heterocycles. The summed E-state index contributed by atoms with van der Waals surface area (Å²) in [5.74, 6) is -0.417. The summed E-state index contributed by atoms with van der Waals surface area (Å²) in [5.41, 5.74) is 7.88. The maximum atomic E-state index is 11.8. The standard InChI is InChI=1S/C13H16N2O3/c1-8-3-4-9(13(17)18-2)5-11(8)15-7-10(14)6-12(15)16/h3-5,10H,6-7,14H2,1-2H3. The maximum Gasteiger partial charge on any atom is 0.337 e. The van der Waals surface area contributed by atoms with Crippen molar-refractivity contribution in [3.63, 3.8) is 0 Å². The van der Waals surface area contributed by atoms with Crippen LogP contribution in [0.25, 0.3) is 0 Å². The molecule has 5 heteroatoms. The van der Waals surface area contributed by atoms with Crippen LogP contribution in [0.5, 0.6) is 0 Å². The second-order valence-electron chi connectivity index (χ2n) is 4.46. The Kier molecular flexibility index (Phi) is 3.34. The predicted octanol–water partition coefficient (Wildman–Crippen LogP) is 0.846. The number of methoxy groups -OCH3 is 1. The van der Waals surface area contributed by atoms with Crippen LogP contribution in [-0.4, -0.2) is 31.6 Å². The molecule has 0 saturated carbocycles. The summed E-state index contributed by atoms with van der Waals surface area (Å²) in [6.45, 7) is 2.39. The van der Waals surface area contributed by atoms with Crippen molar-refractivity contribution in [2.45, 2.75) is 19.4 Å². The molecule has 1 aromatic rings. The third-order valence-electron chi connectivity index (χ3n) is 3.08. The molecule has 1 saturated heterocycles. The number of carbonyl (C=O) groups excluding carboxylic acids is 2. The number of hydrogen-bond donors (Lipinski definition) is 1. The molecule has 2 N–H and O–H groups in total. The highest BCUT2D eigenvalue weighted by Crippen LogP contribution is 2.26. The molecule has 96 valence electrons. The summed E-state index contributed by atoms with van der Waals surface area (Å²) in [4.78, 5) is 24.9. The number of nitrogens with zero attached hydrogens (tertiary/aromatic N) is 1. The van der Waals surface area contributed by atoms with Gasteiger partial charge in [-0.1, -0.05) is 6.07 Å². The molecule has 1 amide bonds. The van der Waals surface area contributed by atoms with E-state index in [2.05, 4.69) is 4.74 Å². The van der Waals surface area contributed by atoms with Crippen molar-refractivity contribution in [1.82, 2.24) is 0 Å². The molecule has 1 unspecified atom stereocenters. The zero-order valence-corrected chi connectivity index (χ0v) is 10.5. The SMILES string of the molecule is COC(=O)c1ccc(C)c(N2CC(N)CC2=O)c1. The molecular weight excluding hydrogens is 232 g/mol. The first-order valence-electron chi connectivity index (χ1n) is 5.78. The van der Waals surface area contributed by atoms with Crippen LogP contribution < -0.4 is 10.6 Å². The second-order valence-corrected chi connectivity index (χ2v) is 4.46. The Bertz CT molecular complexity index is 499. The number of aryl methyl sites for hydroxylation is 1. The molecule has 1 atom stereocenters. The highest BCUT2D eigenvalue weighted by Gasteiger charge is 2.29. The number of benzene rings is 1. The van der Waals surface area contributed by atoms with E-state index in [0.717, 1.165) is 11.3 Å². The number of amides is 1. The first kappa shape index (κ1) is 12.6. The number of ether oxygens (including phenoxy) is 1. The molecule has 0 bridgehead atoms. The fourth-order valence-corrected chi connectivity index (χ4v) is 2.11. The Morgan fingerprint density at radius 3 is 2.78 bits per heavy atom. The minimum absolute atomic E-state index is 0.00684. The van der Waals surface area contributed by atoms with Crippen molar-refractivity contribution in [3.8, 4) is 0 Å². The van der Waals surface area contributed by atoms with E-state index in [4.69, 9.17) is 5.73 Å². The van der Waals surface area contributed by atoms with Crippen LogP contribution in [0, 0.1) is 6.92 Å². The zero-order chi connectivity index (χ0) is 13.3. The van der Waals surface area contributed by atoms with Gasteiger partial charge in [-0.05, 0) is 24.6 Å². The molecule has 1 aliphatic heterocycles. The maximum absolute atomic E-state index is 11.8. The average Bonchev–Trinajstić information content (AvgIpc) is 2.68. The van der Waals surface area contributed by atoms with E-state index in [9.17, 15) is 9.59 Å². The molecule has 0 aliphatic carbocycles. The molecule has 1 aromatic carbocycles. The minimum atomic E-state index is -0.410. The quantitative estimate of drug-likeness (QED) is 0.787. The predicted molar refractivity (Wildman–Crippen MR) is 67.5 cm³/mol. The normalized spacial score (nSPS) is 19.2. The molecule has 0 radical (unpaired) electrons. The van der Waals surface area contributed by atoms with Gasteiger partial charge in [-0.3, -0.25) is 4.79 Å². The van der Waals surface area contributed by atoms with Gasteiger partial charge in [0.2, 0.25) is 5.91 Å². The third kappa shape index (κ3) is 2.22. The average molecular weight is 248 g/mol. The van der Waals surface area contributed by atoms with Crippen molar-refractivity contribution >= 4 is 17.6 Å². The molecular formula is C13H16N2O3. The summed E-state index contributed by atoms with van der Waals surface area (Å²) in [6, 6.07) is 5.03. The summed E-state index contributed by atoms with van der Waals surface area (Å²) < 4.78 is 4.67. The van der Waals surface area contributed by atoms with Crippen LogP contribution in [0.1, 0.15) is 22.3 Å². The molecule has 2 rings (SSSR count). The lowest BCUT2D eigenvalue weighted by atomic mass is 10.1. The van der Waals surface area contributed by atoms with Gasteiger partial charge in [-0.15, -0.1) is 0 Å². The van der Waals surface area contributed by atoms with Crippen LogP contribution in [0.2, 0.25) is 0 Å². The Morgan fingerprint density at radius 2 is 2.22 bits per heavy atom. The Balaban J connectivity index is 2.38. The van der Waals surface area contributed by atoms with Crippen molar-refractivity contribution in [2.75, 3.05) is 18.6 Å². The van der Waals surface area contributed by atoms with Gasteiger partial charge >= 0.3 is 5.97 Å². The van der Waals surface area contributed by atoms with Gasteiger partial charge in [0.25, 0.3) is 0 Å². The number of anilines is 1. The van der Waals surface area contributed by atoms with Crippen LogP contribution in [0.3, 0.4) is 0 Å². The first-order chi connectivity index (χ1) is 8.52. The molecule has 1 aliphatic rings.